The summed E-state index contributed by atoms with van der Waals surface area (Å²) < 4.78 is 101. The number of alkyl halides is 3. The van der Waals surface area contributed by atoms with Crippen molar-refractivity contribution in [1.82, 2.24) is 10.6 Å². The molecule has 0 aromatic heterocycles. The quantitative estimate of drug-likeness (QED) is 0.115. The van der Waals surface area contributed by atoms with Crippen molar-refractivity contribution < 1.29 is 49.5 Å². The first-order valence-electron chi connectivity index (χ1n) is 16.4. The van der Waals surface area contributed by atoms with Gasteiger partial charge in [0.05, 0.1) is 40.5 Å². The Balaban J connectivity index is 1.53. The lowest BCUT2D eigenvalue weighted by atomic mass is 9.99. The number of halogens is 5. The zero-order chi connectivity index (χ0) is 38.3. The van der Waals surface area contributed by atoms with Crippen LogP contribution in [0.3, 0.4) is 0 Å². The standard InChI is InChI=1S/C37H35F5N4O6S/c1-53(50,51)46(29-19-27(38)18-28(39)20-29)32-13-6-12-30(35(32)45-15-7-14-34(45)48)36(49)44-31(17-24-8-3-2-4-9-24)33(52-23-47)22-43-21-25-10-5-11-26(16-25)37(40,41)42/h2-6,8-13,16,18-20,23,31,33,43H,7,14-15,17,21-22H2,1H3,(H,44,49)/t31-,33+/m0/s1. The van der Waals surface area contributed by atoms with E-state index in [9.17, 15) is 44.8 Å². The van der Waals surface area contributed by atoms with Gasteiger partial charge in [-0.15, -0.1) is 0 Å². The number of nitrogens with one attached hydrogen (secondary N) is 2. The third-order valence-corrected chi connectivity index (χ3v) is 9.53. The number of rotatable bonds is 15. The molecule has 0 radical (unpaired) electrons. The average molecular weight is 759 g/mol. The Kier molecular flexibility index (Phi) is 12.1. The number of hydrogen-bond donors (Lipinski definition) is 2. The molecule has 5 rings (SSSR count). The van der Waals surface area contributed by atoms with Crippen molar-refractivity contribution in [2.75, 3.05) is 28.6 Å². The van der Waals surface area contributed by atoms with Crippen LogP contribution in [0.4, 0.5) is 39.0 Å². The van der Waals surface area contributed by atoms with Crippen LogP contribution in [0.1, 0.15) is 39.9 Å². The summed E-state index contributed by atoms with van der Waals surface area (Å²) in [5, 5.41) is 5.83. The van der Waals surface area contributed by atoms with Crippen LogP contribution in [-0.4, -0.2) is 58.2 Å². The topological polar surface area (TPSA) is 125 Å². The number of amides is 2. The summed E-state index contributed by atoms with van der Waals surface area (Å²) in [5.41, 5.74) is -0.737. The molecule has 0 aliphatic carbocycles. The van der Waals surface area contributed by atoms with Gasteiger partial charge in [0.2, 0.25) is 15.9 Å². The first-order chi connectivity index (χ1) is 25.2. The van der Waals surface area contributed by atoms with E-state index in [1.54, 1.807) is 30.3 Å². The van der Waals surface area contributed by atoms with Crippen LogP contribution in [0.25, 0.3) is 0 Å². The van der Waals surface area contributed by atoms with Crippen LogP contribution < -0.4 is 19.8 Å². The van der Waals surface area contributed by atoms with Crippen molar-refractivity contribution in [3.05, 3.63) is 125 Å². The third kappa shape index (κ3) is 9.75. The van der Waals surface area contributed by atoms with Gasteiger partial charge in [-0.2, -0.15) is 13.2 Å². The second-order valence-corrected chi connectivity index (χ2v) is 14.2. The maximum atomic E-state index is 14.4. The summed E-state index contributed by atoms with van der Waals surface area (Å²) in [6.07, 6.45) is -4.25. The fraction of sp³-hybridized carbons (Fsp3) is 0.270. The van der Waals surface area contributed by atoms with Crippen molar-refractivity contribution in [1.29, 1.82) is 0 Å². The summed E-state index contributed by atoms with van der Waals surface area (Å²) in [4.78, 5) is 40.5. The number of hydrogen-bond acceptors (Lipinski definition) is 7. The maximum absolute atomic E-state index is 14.4. The molecule has 280 valence electrons. The van der Waals surface area contributed by atoms with Crippen LogP contribution in [0.2, 0.25) is 0 Å². The number of benzene rings is 4. The van der Waals surface area contributed by atoms with E-state index in [1.165, 1.54) is 35.2 Å². The molecule has 2 atom stereocenters. The van der Waals surface area contributed by atoms with Crippen LogP contribution in [0.5, 0.6) is 0 Å². The molecule has 53 heavy (non-hydrogen) atoms. The highest BCUT2D eigenvalue weighted by molar-refractivity contribution is 7.92. The molecule has 0 bridgehead atoms. The second kappa shape index (κ2) is 16.5. The highest BCUT2D eigenvalue weighted by Gasteiger charge is 2.35. The number of sulfonamides is 1. The molecule has 0 saturated carbocycles. The molecule has 16 heteroatoms. The van der Waals surface area contributed by atoms with Crippen molar-refractivity contribution in [3.8, 4) is 0 Å². The van der Waals surface area contributed by atoms with Gasteiger partial charge < -0.3 is 20.3 Å². The van der Waals surface area contributed by atoms with Gasteiger partial charge in [0.15, 0.2) is 0 Å². The highest BCUT2D eigenvalue weighted by atomic mass is 32.2. The van der Waals surface area contributed by atoms with E-state index in [1.807, 2.05) is 0 Å². The van der Waals surface area contributed by atoms with Crippen molar-refractivity contribution in [2.45, 2.75) is 44.1 Å². The molecule has 4 aromatic rings. The van der Waals surface area contributed by atoms with Gasteiger partial charge in [0.25, 0.3) is 12.4 Å². The van der Waals surface area contributed by atoms with E-state index in [-0.39, 0.29) is 55.9 Å². The van der Waals surface area contributed by atoms with E-state index in [4.69, 9.17) is 4.74 Å². The van der Waals surface area contributed by atoms with Gasteiger partial charge in [-0.1, -0.05) is 54.6 Å². The molecular weight excluding hydrogens is 723 g/mol. The van der Waals surface area contributed by atoms with E-state index >= 15 is 0 Å². The number of ether oxygens (including phenoxy) is 1. The molecule has 1 aliphatic heterocycles. The maximum Gasteiger partial charge on any atom is 0.416 e. The molecular formula is C37H35F5N4O6S. The third-order valence-electron chi connectivity index (χ3n) is 8.46. The normalized spacial score (nSPS) is 14.5. The molecule has 1 aliphatic rings. The molecule has 2 N–H and O–H groups in total. The van der Waals surface area contributed by atoms with Gasteiger partial charge in [0.1, 0.15) is 17.7 Å². The predicted molar refractivity (Wildman–Crippen MR) is 187 cm³/mol. The number of carbonyl (C=O) groups excluding carboxylic acids is 3. The second-order valence-electron chi connectivity index (χ2n) is 12.3. The van der Waals surface area contributed by atoms with Crippen molar-refractivity contribution in [2.24, 2.45) is 0 Å². The summed E-state index contributed by atoms with van der Waals surface area (Å²) in [6.45, 7) is 0.129. The Bertz CT molecular complexity index is 2050. The first-order valence-corrected chi connectivity index (χ1v) is 18.2. The van der Waals surface area contributed by atoms with Gasteiger partial charge in [-0.05, 0) is 54.3 Å². The summed E-state index contributed by atoms with van der Waals surface area (Å²) in [6, 6.07) is 18.7. The van der Waals surface area contributed by atoms with Crippen LogP contribution in [-0.2, 0) is 43.5 Å². The van der Waals surface area contributed by atoms with E-state index in [0.29, 0.717) is 22.4 Å². The SMILES string of the molecule is CS(=O)(=O)N(c1cc(F)cc(F)c1)c1cccc(C(=O)N[C@@H](Cc2ccccc2)[C@@H](CNCc2cccc(C(F)(F)F)c2)OC=O)c1N1CCCC1=O. The fourth-order valence-corrected chi connectivity index (χ4v) is 7.17. The fourth-order valence-electron chi connectivity index (χ4n) is 6.17. The van der Waals surface area contributed by atoms with Gasteiger partial charge in [-0.25, -0.2) is 21.5 Å². The van der Waals surface area contributed by atoms with Crippen LogP contribution >= 0.6 is 0 Å². The summed E-state index contributed by atoms with van der Waals surface area (Å²) >= 11 is 0. The number of carbonyl (C=O) groups is 3. The lowest BCUT2D eigenvalue weighted by molar-refractivity contribution is -0.137. The molecule has 10 nitrogen and oxygen atoms in total. The number of nitrogens with zero attached hydrogens (tertiary/aromatic N) is 2. The van der Waals surface area contributed by atoms with E-state index in [2.05, 4.69) is 10.6 Å². The lowest BCUT2D eigenvalue weighted by Crippen LogP contribution is -2.50. The minimum atomic E-state index is -4.55. The number of para-hydroxylation sites is 1. The first kappa shape index (κ1) is 38.9. The monoisotopic (exact) mass is 758 g/mol. The van der Waals surface area contributed by atoms with Crippen LogP contribution in [0.15, 0.2) is 91.0 Å². The summed E-state index contributed by atoms with van der Waals surface area (Å²) in [7, 11) is -4.34. The van der Waals surface area contributed by atoms with Crippen LogP contribution in [0, 0.1) is 11.6 Å². The lowest BCUT2D eigenvalue weighted by Gasteiger charge is -2.31. The molecule has 1 saturated heterocycles. The summed E-state index contributed by atoms with van der Waals surface area (Å²) in [5.74, 6) is -3.35. The van der Waals surface area contributed by atoms with Gasteiger partial charge in [0, 0.05) is 32.1 Å². The Morgan fingerprint density at radius 2 is 1.64 bits per heavy atom. The zero-order valence-electron chi connectivity index (χ0n) is 28.3. The molecule has 2 amide bonds. The van der Waals surface area contributed by atoms with E-state index < -0.39 is 63.0 Å². The Hall–Kier alpha value is -5.35. The van der Waals surface area contributed by atoms with Gasteiger partial charge >= 0.3 is 6.18 Å². The Labute approximate surface area is 302 Å². The average Bonchev–Trinajstić information content (AvgIpc) is 3.52. The Morgan fingerprint density at radius 3 is 2.26 bits per heavy atom. The molecule has 4 aromatic carbocycles. The molecule has 0 spiro atoms. The minimum absolute atomic E-state index is 0.0418. The van der Waals surface area contributed by atoms with E-state index in [0.717, 1.165) is 36.1 Å². The largest absolute Gasteiger partial charge is 0.461 e. The van der Waals surface area contributed by atoms with Crippen molar-refractivity contribution in [3.63, 3.8) is 0 Å². The zero-order valence-corrected chi connectivity index (χ0v) is 29.1. The van der Waals surface area contributed by atoms with Crippen molar-refractivity contribution >= 4 is 45.4 Å². The number of anilines is 3. The minimum Gasteiger partial charge on any atom is -0.461 e. The predicted octanol–water partition coefficient (Wildman–Crippen LogP) is 5.88. The van der Waals surface area contributed by atoms with Gasteiger partial charge in [-0.3, -0.25) is 14.4 Å². The molecule has 1 heterocycles. The molecule has 1 fully saturated rings. The highest BCUT2D eigenvalue weighted by Crippen LogP contribution is 2.41. The Morgan fingerprint density at radius 1 is 0.962 bits per heavy atom. The smallest absolute Gasteiger partial charge is 0.416 e. The molecule has 0 unspecified atom stereocenters.